The van der Waals surface area contributed by atoms with Crippen LogP contribution in [0.1, 0.15) is 49.0 Å². The van der Waals surface area contributed by atoms with Crippen LogP contribution in [-0.2, 0) is 13.0 Å². The van der Waals surface area contributed by atoms with Crippen LogP contribution in [0.3, 0.4) is 0 Å². The summed E-state index contributed by atoms with van der Waals surface area (Å²) in [6.45, 7) is 5.59. The monoisotopic (exact) mass is 467 g/mol. The Morgan fingerprint density at radius 3 is 2.74 bits per heavy atom. The molecule has 1 aliphatic rings. The maximum absolute atomic E-state index is 15.5. The fourth-order valence-corrected chi connectivity index (χ4v) is 4.72. The van der Waals surface area contributed by atoms with Crippen LogP contribution in [-0.4, -0.2) is 28.8 Å². The molecule has 0 amide bonds. The predicted molar refractivity (Wildman–Crippen MR) is 131 cm³/mol. The third-order valence-electron chi connectivity index (χ3n) is 6.34. The van der Waals surface area contributed by atoms with Gasteiger partial charge in [-0.05, 0) is 43.2 Å². The van der Waals surface area contributed by atoms with E-state index in [1.54, 1.807) is 4.57 Å². The van der Waals surface area contributed by atoms with Gasteiger partial charge in [0.1, 0.15) is 11.3 Å². The van der Waals surface area contributed by atoms with Gasteiger partial charge >= 0.3 is 5.97 Å². The minimum absolute atomic E-state index is 0.0527. The zero-order valence-corrected chi connectivity index (χ0v) is 19.5. The second kappa shape index (κ2) is 9.37. The van der Waals surface area contributed by atoms with E-state index >= 15 is 4.39 Å². The highest BCUT2D eigenvalue weighted by molar-refractivity contribution is 6.01. The van der Waals surface area contributed by atoms with E-state index in [0.29, 0.717) is 43.6 Å². The molecule has 2 heterocycles. The highest BCUT2D eigenvalue weighted by Gasteiger charge is 2.29. The first kappa shape index (κ1) is 23.6. The number of benzene rings is 2. The van der Waals surface area contributed by atoms with Crippen LogP contribution in [0.5, 0.6) is 5.75 Å². The summed E-state index contributed by atoms with van der Waals surface area (Å²) in [6, 6.07) is 9.46. The van der Waals surface area contributed by atoms with Crippen LogP contribution < -0.4 is 21.2 Å². The molecule has 0 unspecified atom stereocenters. The standard InChI is InChI=1S/C26H30FN3O4/c1-26(2)11-6-10-17-22(29-12-7-13-34-16-8-4-3-5-9-16)20(27)21(28)19-23(17)30(15-26)14-18(24(19)31)25(32)33/h3-5,8-9,14,29H,6-7,10-13,15,28H2,1-2H3,(H,32,33). The molecule has 1 aromatic heterocycles. The number of aromatic nitrogens is 1. The van der Waals surface area contributed by atoms with Crippen LogP contribution in [0.4, 0.5) is 15.8 Å². The van der Waals surface area contributed by atoms with E-state index in [1.807, 2.05) is 30.3 Å². The molecule has 0 radical (unpaired) electrons. The Bertz CT molecular complexity index is 1290. The Kier molecular flexibility index (Phi) is 6.50. The number of nitrogens with one attached hydrogen (secondary N) is 1. The number of nitrogens with two attached hydrogens (primary N) is 1. The average Bonchev–Trinajstić information content (AvgIpc) is 2.78. The van der Waals surface area contributed by atoms with Crippen molar-refractivity contribution in [3.05, 3.63) is 63.7 Å². The van der Waals surface area contributed by atoms with Crippen molar-refractivity contribution >= 4 is 28.2 Å². The van der Waals surface area contributed by atoms with Crippen LogP contribution in [0, 0.1) is 11.2 Å². The summed E-state index contributed by atoms with van der Waals surface area (Å²) < 4.78 is 23.0. The molecule has 0 spiro atoms. The minimum atomic E-state index is -1.35. The lowest BCUT2D eigenvalue weighted by atomic mass is 9.83. The van der Waals surface area contributed by atoms with E-state index in [2.05, 4.69) is 19.2 Å². The number of pyridine rings is 1. The Hall–Kier alpha value is -3.55. The summed E-state index contributed by atoms with van der Waals surface area (Å²) in [4.78, 5) is 24.8. The van der Waals surface area contributed by atoms with Gasteiger partial charge in [-0.3, -0.25) is 4.79 Å². The largest absolute Gasteiger partial charge is 0.494 e. The number of nitrogen functional groups attached to an aromatic ring is 1. The molecule has 0 fully saturated rings. The molecule has 0 bridgehead atoms. The number of aromatic carboxylic acids is 1. The second-order valence-corrected chi connectivity index (χ2v) is 9.57. The van der Waals surface area contributed by atoms with Gasteiger partial charge in [0.2, 0.25) is 5.43 Å². The molecule has 180 valence electrons. The molecule has 0 saturated carbocycles. The quantitative estimate of drug-likeness (QED) is 0.345. The molecule has 8 heteroatoms. The molecule has 0 saturated heterocycles. The zero-order valence-electron chi connectivity index (χ0n) is 19.5. The molecular weight excluding hydrogens is 437 g/mol. The van der Waals surface area contributed by atoms with Gasteiger partial charge in [0.25, 0.3) is 0 Å². The number of anilines is 2. The molecule has 0 atom stereocenters. The van der Waals surface area contributed by atoms with Gasteiger partial charge in [-0.1, -0.05) is 32.0 Å². The number of ether oxygens (including phenoxy) is 1. The topological polar surface area (TPSA) is 107 Å². The van der Waals surface area contributed by atoms with E-state index in [-0.39, 0.29) is 22.2 Å². The molecule has 4 rings (SSSR count). The Labute approximate surface area is 197 Å². The highest BCUT2D eigenvalue weighted by Crippen LogP contribution is 2.39. The van der Waals surface area contributed by atoms with Gasteiger partial charge in [0, 0.05) is 24.8 Å². The summed E-state index contributed by atoms with van der Waals surface area (Å²) in [6.07, 6.45) is 4.23. The number of nitrogens with zero attached hydrogens (tertiary/aromatic N) is 1. The fourth-order valence-electron chi connectivity index (χ4n) is 4.72. The average molecular weight is 468 g/mol. The molecule has 34 heavy (non-hydrogen) atoms. The predicted octanol–water partition coefficient (Wildman–Crippen LogP) is 4.66. The summed E-state index contributed by atoms with van der Waals surface area (Å²) in [5.74, 6) is -1.29. The van der Waals surface area contributed by atoms with Crippen molar-refractivity contribution in [2.45, 2.75) is 46.1 Å². The first-order valence-corrected chi connectivity index (χ1v) is 11.5. The number of carbonyl (C=O) groups is 1. The SMILES string of the molecule is CC1(C)CCCc2c(NCCCOc3ccccc3)c(F)c(N)c3c(=O)c(C(=O)O)cn(c23)C1. The normalized spacial score (nSPS) is 14.9. The zero-order chi connectivity index (χ0) is 24.5. The van der Waals surface area contributed by atoms with Crippen LogP contribution in [0.2, 0.25) is 0 Å². The molecule has 2 aromatic carbocycles. The minimum Gasteiger partial charge on any atom is -0.494 e. The Balaban J connectivity index is 1.73. The Morgan fingerprint density at radius 1 is 1.29 bits per heavy atom. The fraction of sp³-hybridized carbons (Fsp3) is 0.385. The maximum atomic E-state index is 15.5. The van der Waals surface area contributed by atoms with Gasteiger partial charge in [0.15, 0.2) is 5.82 Å². The number of aryl methyl sites for hydroxylation is 1. The lowest BCUT2D eigenvalue weighted by Gasteiger charge is -2.31. The van der Waals surface area contributed by atoms with Gasteiger partial charge in [-0.15, -0.1) is 0 Å². The first-order chi connectivity index (χ1) is 16.2. The van der Waals surface area contributed by atoms with E-state index in [1.165, 1.54) is 6.20 Å². The van der Waals surface area contributed by atoms with Crippen molar-refractivity contribution in [1.82, 2.24) is 4.57 Å². The van der Waals surface area contributed by atoms with Crippen molar-refractivity contribution in [3.8, 4) is 5.75 Å². The van der Waals surface area contributed by atoms with Crippen LogP contribution in [0.15, 0.2) is 41.3 Å². The summed E-state index contributed by atoms with van der Waals surface area (Å²) >= 11 is 0. The van der Waals surface area contributed by atoms with Crippen molar-refractivity contribution in [3.63, 3.8) is 0 Å². The number of halogens is 1. The maximum Gasteiger partial charge on any atom is 0.341 e. The number of hydrogen-bond donors (Lipinski definition) is 3. The lowest BCUT2D eigenvalue weighted by molar-refractivity contribution is 0.0694. The third-order valence-corrected chi connectivity index (χ3v) is 6.34. The van der Waals surface area contributed by atoms with Crippen molar-refractivity contribution in [2.75, 3.05) is 24.2 Å². The Morgan fingerprint density at radius 2 is 2.03 bits per heavy atom. The molecule has 7 nitrogen and oxygen atoms in total. The number of carboxylic acids is 1. The summed E-state index contributed by atoms with van der Waals surface area (Å²) in [7, 11) is 0. The van der Waals surface area contributed by atoms with E-state index in [9.17, 15) is 14.7 Å². The van der Waals surface area contributed by atoms with Crippen molar-refractivity contribution in [2.24, 2.45) is 5.41 Å². The van der Waals surface area contributed by atoms with E-state index in [4.69, 9.17) is 10.5 Å². The molecule has 4 N–H and O–H groups in total. The smallest absolute Gasteiger partial charge is 0.341 e. The number of hydrogen-bond acceptors (Lipinski definition) is 5. The van der Waals surface area contributed by atoms with Gasteiger partial charge in [-0.2, -0.15) is 0 Å². The molecule has 3 aromatic rings. The third kappa shape index (κ3) is 4.58. The van der Waals surface area contributed by atoms with Gasteiger partial charge in [0.05, 0.1) is 28.9 Å². The van der Waals surface area contributed by atoms with Gasteiger partial charge in [-0.25, -0.2) is 9.18 Å². The van der Waals surface area contributed by atoms with E-state index in [0.717, 1.165) is 18.6 Å². The second-order valence-electron chi connectivity index (χ2n) is 9.57. The van der Waals surface area contributed by atoms with Gasteiger partial charge < -0.3 is 25.5 Å². The van der Waals surface area contributed by atoms with Crippen LogP contribution in [0.25, 0.3) is 10.9 Å². The molecular formula is C26H30FN3O4. The highest BCUT2D eigenvalue weighted by atomic mass is 19.1. The van der Waals surface area contributed by atoms with Crippen molar-refractivity contribution in [1.29, 1.82) is 0 Å². The van der Waals surface area contributed by atoms with Crippen molar-refractivity contribution < 1.29 is 19.0 Å². The van der Waals surface area contributed by atoms with Crippen LogP contribution >= 0.6 is 0 Å². The molecule has 1 aliphatic heterocycles. The first-order valence-electron chi connectivity index (χ1n) is 11.5. The van der Waals surface area contributed by atoms with E-state index < -0.39 is 22.8 Å². The number of rotatable bonds is 7. The molecule has 0 aliphatic carbocycles. The summed E-state index contributed by atoms with van der Waals surface area (Å²) in [5.41, 5.74) is 5.99. The number of para-hydroxylation sites is 1. The lowest BCUT2D eigenvalue weighted by Crippen LogP contribution is -2.28. The summed E-state index contributed by atoms with van der Waals surface area (Å²) in [5, 5.41) is 12.7. The number of carboxylic acid groups (broad SMARTS) is 1.